The van der Waals surface area contributed by atoms with E-state index in [1.165, 1.54) is 6.20 Å². The van der Waals surface area contributed by atoms with Crippen molar-refractivity contribution in [1.29, 1.82) is 0 Å². The molecule has 0 saturated heterocycles. The number of pyridine rings is 1. The van der Waals surface area contributed by atoms with E-state index in [-0.39, 0.29) is 6.42 Å². The molecule has 2 atom stereocenters. The van der Waals surface area contributed by atoms with Gasteiger partial charge in [0.15, 0.2) is 0 Å². The lowest BCUT2D eigenvalue weighted by atomic mass is 9.83. The van der Waals surface area contributed by atoms with Crippen molar-refractivity contribution in [2.45, 2.75) is 37.2 Å². The Morgan fingerprint density at radius 3 is 2.78 bits per heavy atom. The maximum absolute atomic E-state index is 11.3. The van der Waals surface area contributed by atoms with Gasteiger partial charge in [-0.25, -0.2) is 0 Å². The summed E-state index contributed by atoms with van der Waals surface area (Å²) >= 11 is 0. The number of aromatic nitrogens is 1. The number of aliphatic hydroxyl groups is 1. The van der Waals surface area contributed by atoms with Gasteiger partial charge in [0, 0.05) is 18.0 Å². The van der Waals surface area contributed by atoms with Gasteiger partial charge in [0.05, 0.1) is 7.85 Å². The fraction of sp³-hybridized carbons (Fsp3) is 0.500. The van der Waals surface area contributed by atoms with Gasteiger partial charge < -0.3 is 15.9 Å². The van der Waals surface area contributed by atoms with Gasteiger partial charge in [0.1, 0.15) is 11.6 Å². The first-order valence-corrected chi connectivity index (χ1v) is 5.82. The number of unbranched alkanes of at least 4 members (excludes halogenated alkanes) is 1. The molecule has 1 rings (SSSR count). The SMILES string of the molecule is [B]CCCCC(N)(C(=O)O)C(O)c1cccnc1. The molecule has 2 unspecified atom stereocenters. The number of nitrogens with zero attached hydrogens (tertiary/aromatic N) is 1. The molecule has 5 nitrogen and oxygen atoms in total. The van der Waals surface area contributed by atoms with E-state index in [0.717, 1.165) is 0 Å². The van der Waals surface area contributed by atoms with Crippen LogP contribution in [-0.2, 0) is 4.79 Å². The number of hydrogen-bond acceptors (Lipinski definition) is 4. The minimum atomic E-state index is -1.71. The standard InChI is InChI=1S/C12H17BN2O3/c13-6-2-1-5-12(14,11(17)18)10(16)9-4-3-7-15-8-9/h3-4,7-8,10,16H,1-2,5-6,14H2,(H,17,18). The van der Waals surface area contributed by atoms with Crippen molar-refractivity contribution in [3.05, 3.63) is 30.1 Å². The maximum atomic E-state index is 11.3. The van der Waals surface area contributed by atoms with Gasteiger partial charge >= 0.3 is 5.97 Å². The Labute approximate surface area is 107 Å². The van der Waals surface area contributed by atoms with Gasteiger partial charge in [-0.1, -0.05) is 25.2 Å². The molecule has 2 radical (unpaired) electrons. The Hall–Kier alpha value is -1.40. The Kier molecular flexibility index (Phi) is 5.31. The second-order valence-electron chi connectivity index (χ2n) is 4.28. The number of aliphatic carboxylic acids is 1. The largest absolute Gasteiger partial charge is 0.480 e. The van der Waals surface area contributed by atoms with Crippen LogP contribution >= 0.6 is 0 Å². The molecule has 0 spiro atoms. The number of carboxylic acids is 1. The average Bonchev–Trinajstić information content (AvgIpc) is 2.38. The van der Waals surface area contributed by atoms with E-state index in [1.54, 1.807) is 18.3 Å². The molecule has 0 aliphatic rings. The summed E-state index contributed by atoms with van der Waals surface area (Å²) < 4.78 is 0. The topological polar surface area (TPSA) is 96.4 Å². The van der Waals surface area contributed by atoms with Crippen LogP contribution in [0.2, 0.25) is 6.32 Å². The predicted molar refractivity (Wildman–Crippen MR) is 68.2 cm³/mol. The fourth-order valence-corrected chi connectivity index (χ4v) is 1.76. The Morgan fingerprint density at radius 2 is 2.28 bits per heavy atom. The molecule has 96 valence electrons. The van der Waals surface area contributed by atoms with E-state index in [9.17, 15) is 15.0 Å². The van der Waals surface area contributed by atoms with E-state index >= 15 is 0 Å². The molecule has 0 aliphatic carbocycles. The van der Waals surface area contributed by atoms with Crippen LogP contribution in [0.1, 0.15) is 30.9 Å². The monoisotopic (exact) mass is 248 g/mol. The predicted octanol–water partition coefficient (Wildman–Crippen LogP) is 0.654. The molecule has 0 saturated carbocycles. The highest BCUT2D eigenvalue weighted by Crippen LogP contribution is 2.28. The fourth-order valence-electron chi connectivity index (χ4n) is 1.76. The molecule has 0 bridgehead atoms. The number of rotatable bonds is 7. The number of hydrogen-bond donors (Lipinski definition) is 3. The normalized spacial score (nSPS) is 15.9. The highest BCUT2D eigenvalue weighted by atomic mass is 16.4. The molecular weight excluding hydrogens is 231 g/mol. The van der Waals surface area contributed by atoms with Crippen LogP contribution in [0.3, 0.4) is 0 Å². The van der Waals surface area contributed by atoms with Crippen molar-refractivity contribution >= 4 is 13.8 Å². The van der Waals surface area contributed by atoms with Crippen molar-refractivity contribution in [1.82, 2.24) is 4.98 Å². The van der Waals surface area contributed by atoms with Crippen molar-refractivity contribution in [2.24, 2.45) is 5.73 Å². The summed E-state index contributed by atoms with van der Waals surface area (Å²) in [6, 6.07) is 3.23. The lowest BCUT2D eigenvalue weighted by Gasteiger charge is -2.30. The van der Waals surface area contributed by atoms with Crippen LogP contribution in [0.25, 0.3) is 0 Å². The van der Waals surface area contributed by atoms with E-state index in [4.69, 9.17) is 13.6 Å². The van der Waals surface area contributed by atoms with Crippen LogP contribution in [0.5, 0.6) is 0 Å². The smallest absolute Gasteiger partial charge is 0.326 e. The lowest BCUT2D eigenvalue weighted by Crippen LogP contribution is -2.53. The zero-order chi connectivity index (χ0) is 13.6. The second kappa shape index (κ2) is 6.51. The van der Waals surface area contributed by atoms with E-state index < -0.39 is 17.6 Å². The molecule has 1 heterocycles. The third-order valence-electron chi connectivity index (χ3n) is 2.93. The molecule has 1 aromatic heterocycles. The summed E-state index contributed by atoms with van der Waals surface area (Å²) in [6.07, 6.45) is 3.53. The number of carboxylic acid groups (broad SMARTS) is 1. The van der Waals surface area contributed by atoms with E-state index in [2.05, 4.69) is 4.98 Å². The number of carbonyl (C=O) groups is 1. The minimum absolute atomic E-state index is 0.162. The van der Waals surface area contributed by atoms with Gasteiger partial charge in [-0.2, -0.15) is 0 Å². The Balaban J connectivity index is 2.87. The molecule has 1 aromatic rings. The first-order chi connectivity index (χ1) is 8.52. The van der Waals surface area contributed by atoms with Crippen LogP contribution in [-0.4, -0.2) is 34.6 Å². The number of nitrogens with two attached hydrogens (primary N) is 1. The van der Waals surface area contributed by atoms with E-state index in [0.29, 0.717) is 24.7 Å². The van der Waals surface area contributed by atoms with Gasteiger partial charge in [0.25, 0.3) is 0 Å². The van der Waals surface area contributed by atoms with Crippen LogP contribution < -0.4 is 5.73 Å². The highest BCUT2D eigenvalue weighted by Gasteiger charge is 2.41. The van der Waals surface area contributed by atoms with Crippen LogP contribution in [0.4, 0.5) is 0 Å². The van der Waals surface area contributed by atoms with Gasteiger partial charge in [-0.15, -0.1) is 0 Å². The third-order valence-corrected chi connectivity index (χ3v) is 2.93. The van der Waals surface area contributed by atoms with Gasteiger partial charge in [-0.3, -0.25) is 9.78 Å². The molecule has 0 fully saturated rings. The summed E-state index contributed by atoms with van der Waals surface area (Å²) in [5.74, 6) is -1.23. The Bertz CT molecular complexity index is 388. The highest BCUT2D eigenvalue weighted by molar-refractivity contribution is 6.08. The Morgan fingerprint density at radius 1 is 1.56 bits per heavy atom. The minimum Gasteiger partial charge on any atom is -0.480 e. The van der Waals surface area contributed by atoms with E-state index in [1.807, 2.05) is 0 Å². The molecule has 0 aromatic carbocycles. The summed E-state index contributed by atoms with van der Waals surface area (Å²) in [6.45, 7) is 0. The molecule has 0 amide bonds. The van der Waals surface area contributed by atoms with Crippen molar-refractivity contribution in [3.8, 4) is 0 Å². The molecule has 18 heavy (non-hydrogen) atoms. The lowest BCUT2D eigenvalue weighted by molar-refractivity contribution is -0.148. The van der Waals surface area contributed by atoms with Gasteiger partial charge in [0.2, 0.25) is 0 Å². The zero-order valence-electron chi connectivity index (χ0n) is 10.1. The van der Waals surface area contributed by atoms with Crippen LogP contribution in [0.15, 0.2) is 24.5 Å². The summed E-state index contributed by atoms with van der Waals surface area (Å²) in [7, 11) is 5.36. The summed E-state index contributed by atoms with van der Waals surface area (Å²) in [4.78, 5) is 15.1. The first-order valence-electron chi connectivity index (χ1n) is 5.82. The molecule has 4 N–H and O–H groups in total. The van der Waals surface area contributed by atoms with Gasteiger partial charge in [-0.05, 0) is 12.5 Å². The summed E-state index contributed by atoms with van der Waals surface area (Å²) in [5, 5.41) is 19.4. The average molecular weight is 248 g/mol. The second-order valence-corrected chi connectivity index (χ2v) is 4.28. The summed E-state index contributed by atoms with van der Waals surface area (Å²) in [5.41, 5.74) is 4.53. The van der Waals surface area contributed by atoms with Crippen molar-refractivity contribution in [2.75, 3.05) is 0 Å². The first kappa shape index (κ1) is 14.7. The van der Waals surface area contributed by atoms with Crippen molar-refractivity contribution in [3.63, 3.8) is 0 Å². The maximum Gasteiger partial charge on any atom is 0.326 e. The molecule has 6 heteroatoms. The molecular formula is C12H17BN2O3. The zero-order valence-corrected chi connectivity index (χ0v) is 10.1. The molecule has 0 aliphatic heterocycles. The number of aliphatic hydroxyl groups excluding tert-OH is 1. The third kappa shape index (κ3) is 3.30. The quantitative estimate of drug-likeness (QED) is 0.486. The van der Waals surface area contributed by atoms with Crippen molar-refractivity contribution < 1.29 is 15.0 Å². The van der Waals surface area contributed by atoms with Crippen LogP contribution in [0, 0.1) is 0 Å².